The molecular weight excluding hydrogens is 222 g/mol. The third kappa shape index (κ3) is 4.18. The zero-order valence-corrected chi connectivity index (χ0v) is 11.2. The number of carboxylic acids is 1. The van der Waals surface area contributed by atoms with Crippen molar-refractivity contribution in [2.75, 3.05) is 11.5 Å². The smallest absolute Gasteiger partial charge is 0.324 e. The summed E-state index contributed by atoms with van der Waals surface area (Å²) in [6.45, 7) is 5.90. The molecule has 0 aliphatic rings. The van der Waals surface area contributed by atoms with Crippen LogP contribution in [0.5, 0.6) is 0 Å². The molecule has 16 heavy (non-hydrogen) atoms. The summed E-state index contributed by atoms with van der Waals surface area (Å²) in [5.74, 6) is 0.996. The first-order chi connectivity index (χ1) is 7.52. The molecular formula is C12H23NO2S. The second-order valence-electron chi connectivity index (χ2n) is 3.80. The Hall–Kier alpha value is -0.480. The van der Waals surface area contributed by atoms with Gasteiger partial charge in [0.25, 0.3) is 0 Å². The number of aliphatic carboxylic acids is 1. The second-order valence-corrected chi connectivity index (χ2v) is 5.12. The number of thioether (sulfide) groups is 1. The first kappa shape index (κ1) is 15.5. The van der Waals surface area contributed by atoms with Crippen LogP contribution in [0.1, 0.15) is 33.6 Å². The molecule has 0 fully saturated rings. The average Bonchev–Trinajstić information content (AvgIpc) is 2.28. The Kier molecular flexibility index (Phi) is 7.51. The highest BCUT2D eigenvalue weighted by atomic mass is 32.2. The van der Waals surface area contributed by atoms with Gasteiger partial charge >= 0.3 is 5.97 Å². The van der Waals surface area contributed by atoms with Gasteiger partial charge in [-0.05, 0) is 18.6 Å². The standard InChI is InChI=1S/C12H23NO2S/c1-4-10(8-7-9-16-6-3)12(13,5-2)11(14)15/h7-8,10H,4-6,9,13H2,1-3H3,(H,14,15)/b8-7+. The maximum atomic E-state index is 11.2. The van der Waals surface area contributed by atoms with Crippen molar-refractivity contribution >= 4 is 17.7 Å². The molecule has 2 unspecified atom stereocenters. The summed E-state index contributed by atoms with van der Waals surface area (Å²) in [5.41, 5.74) is 4.83. The number of rotatable bonds is 8. The third-order valence-electron chi connectivity index (χ3n) is 2.87. The van der Waals surface area contributed by atoms with E-state index in [4.69, 9.17) is 5.73 Å². The van der Waals surface area contributed by atoms with E-state index in [2.05, 4.69) is 6.92 Å². The number of hydrogen-bond donors (Lipinski definition) is 2. The molecule has 0 spiro atoms. The van der Waals surface area contributed by atoms with E-state index in [1.54, 1.807) is 0 Å². The lowest BCUT2D eigenvalue weighted by Crippen LogP contribution is -2.53. The van der Waals surface area contributed by atoms with Crippen molar-refractivity contribution < 1.29 is 9.90 Å². The van der Waals surface area contributed by atoms with Gasteiger partial charge in [0, 0.05) is 11.7 Å². The third-order valence-corrected chi connectivity index (χ3v) is 3.71. The molecule has 0 heterocycles. The first-order valence-corrected chi connectivity index (χ1v) is 6.95. The minimum absolute atomic E-state index is 0.0903. The lowest BCUT2D eigenvalue weighted by atomic mass is 9.80. The van der Waals surface area contributed by atoms with Crippen LogP contribution >= 0.6 is 11.8 Å². The molecule has 0 rings (SSSR count). The molecule has 0 aliphatic heterocycles. The molecule has 0 aromatic carbocycles. The first-order valence-electron chi connectivity index (χ1n) is 5.79. The van der Waals surface area contributed by atoms with Crippen LogP contribution in [0.2, 0.25) is 0 Å². The van der Waals surface area contributed by atoms with Gasteiger partial charge in [-0.15, -0.1) is 0 Å². The summed E-state index contributed by atoms with van der Waals surface area (Å²) in [6.07, 6.45) is 5.19. The Morgan fingerprint density at radius 1 is 1.50 bits per heavy atom. The van der Waals surface area contributed by atoms with E-state index < -0.39 is 11.5 Å². The highest BCUT2D eigenvalue weighted by Crippen LogP contribution is 2.24. The Morgan fingerprint density at radius 3 is 2.50 bits per heavy atom. The molecule has 0 saturated carbocycles. The summed E-state index contributed by atoms with van der Waals surface area (Å²) in [5, 5.41) is 9.17. The number of nitrogens with two attached hydrogens (primary N) is 1. The van der Waals surface area contributed by atoms with Crippen molar-refractivity contribution in [2.24, 2.45) is 11.7 Å². The molecule has 2 atom stereocenters. The van der Waals surface area contributed by atoms with Gasteiger partial charge < -0.3 is 10.8 Å². The van der Waals surface area contributed by atoms with Gasteiger partial charge in [0.1, 0.15) is 5.54 Å². The van der Waals surface area contributed by atoms with Gasteiger partial charge in [-0.1, -0.05) is 32.9 Å². The average molecular weight is 245 g/mol. The Bertz CT molecular complexity index is 243. The zero-order valence-electron chi connectivity index (χ0n) is 10.4. The Labute approximate surface area is 102 Å². The fraction of sp³-hybridized carbons (Fsp3) is 0.750. The van der Waals surface area contributed by atoms with E-state index in [0.717, 1.165) is 17.9 Å². The molecule has 0 amide bonds. The summed E-state index contributed by atoms with van der Waals surface area (Å²) in [7, 11) is 0. The van der Waals surface area contributed by atoms with Crippen molar-refractivity contribution in [3.63, 3.8) is 0 Å². The van der Waals surface area contributed by atoms with Gasteiger partial charge in [-0.3, -0.25) is 4.79 Å². The predicted octanol–water partition coefficient (Wildman–Crippen LogP) is 2.51. The van der Waals surface area contributed by atoms with E-state index in [1.807, 2.05) is 37.8 Å². The van der Waals surface area contributed by atoms with Gasteiger partial charge in [-0.2, -0.15) is 11.8 Å². The number of carboxylic acid groups (broad SMARTS) is 1. The number of carbonyl (C=O) groups is 1. The van der Waals surface area contributed by atoms with Crippen molar-refractivity contribution in [2.45, 2.75) is 39.2 Å². The quantitative estimate of drug-likeness (QED) is 0.509. The molecule has 0 radical (unpaired) electrons. The zero-order chi connectivity index (χ0) is 12.6. The molecule has 3 nitrogen and oxygen atoms in total. The molecule has 0 aromatic heterocycles. The fourth-order valence-corrected chi connectivity index (χ4v) is 2.13. The van der Waals surface area contributed by atoms with Crippen LogP contribution in [-0.4, -0.2) is 28.1 Å². The summed E-state index contributed by atoms with van der Waals surface area (Å²) in [6, 6.07) is 0. The van der Waals surface area contributed by atoms with Crippen LogP contribution in [0.25, 0.3) is 0 Å². The van der Waals surface area contributed by atoms with Crippen LogP contribution < -0.4 is 5.73 Å². The summed E-state index contributed by atoms with van der Waals surface area (Å²) < 4.78 is 0. The van der Waals surface area contributed by atoms with E-state index >= 15 is 0 Å². The van der Waals surface area contributed by atoms with Crippen molar-refractivity contribution in [1.29, 1.82) is 0 Å². The normalized spacial score (nSPS) is 17.2. The van der Waals surface area contributed by atoms with Gasteiger partial charge in [0.05, 0.1) is 0 Å². The predicted molar refractivity (Wildman–Crippen MR) is 70.8 cm³/mol. The molecule has 0 saturated heterocycles. The van der Waals surface area contributed by atoms with Crippen LogP contribution in [-0.2, 0) is 4.79 Å². The van der Waals surface area contributed by atoms with Crippen molar-refractivity contribution in [3.05, 3.63) is 12.2 Å². The van der Waals surface area contributed by atoms with Crippen LogP contribution in [0.4, 0.5) is 0 Å². The number of hydrogen-bond acceptors (Lipinski definition) is 3. The largest absolute Gasteiger partial charge is 0.480 e. The maximum Gasteiger partial charge on any atom is 0.324 e. The van der Waals surface area contributed by atoms with Crippen molar-refractivity contribution in [3.8, 4) is 0 Å². The lowest BCUT2D eigenvalue weighted by molar-refractivity contribution is -0.145. The van der Waals surface area contributed by atoms with E-state index in [-0.39, 0.29) is 5.92 Å². The fourth-order valence-electron chi connectivity index (χ4n) is 1.65. The maximum absolute atomic E-state index is 11.2. The second kappa shape index (κ2) is 7.74. The van der Waals surface area contributed by atoms with Crippen LogP contribution in [0.3, 0.4) is 0 Å². The Balaban J connectivity index is 4.57. The van der Waals surface area contributed by atoms with E-state index in [9.17, 15) is 9.90 Å². The van der Waals surface area contributed by atoms with Crippen LogP contribution in [0.15, 0.2) is 12.2 Å². The van der Waals surface area contributed by atoms with Crippen molar-refractivity contribution in [1.82, 2.24) is 0 Å². The van der Waals surface area contributed by atoms with Gasteiger partial charge in [-0.25, -0.2) is 0 Å². The van der Waals surface area contributed by atoms with Crippen LogP contribution in [0, 0.1) is 5.92 Å². The topological polar surface area (TPSA) is 63.3 Å². The molecule has 4 heteroatoms. The SMILES string of the molecule is CCSC/C=C/C(CC)C(N)(CC)C(=O)O. The lowest BCUT2D eigenvalue weighted by Gasteiger charge is -2.30. The monoisotopic (exact) mass is 245 g/mol. The highest BCUT2D eigenvalue weighted by Gasteiger charge is 2.38. The van der Waals surface area contributed by atoms with E-state index in [0.29, 0.717) is 6.42 Å². The highest BCUT2D eigenvalue weighted by molar-refractivity contribution is 7.99. The summed E-state index contributed by atoms with van der Waals surface area (Å²) >= 11 is 1.81. The van der Waals surface area contributed by atoms with Gasteiger partial charge in [0.2, 0.25) is 0 Å². The molecule has 0 bridgehead atoms. The minimum Gasteiger partial charge on any atom is -0.480 e. The molecule has 0 aliphatic carbocycles. The van der Waals surface area contributed by atoms with Gasteiger partial charge in [0.15, 0.2) is 0 Å². The Morgan fingerprint density at radius 2 is 2.12 bits per heavy atom. The van der Waals surface area contributed by atoms with E-state index in [1.165, 1.54) is 0 Å². The minimum atomic E-state index is -1.12. The molecule has 0 aromatic rings. The summed E-state index contributed by atoms with van der Waals surface area (Å²) in [4.78, 5) is 11.2. The molecule has 94 valence electrons. The molecule has 3 N–H and O–H groups in total.